The Hall–Kier alpha value is -3.18. The summed E-state index contributed by atoms with van der Waals surface area (Å²) in [5.41, 5.74) is -2.92. The molecule has 1 spiro atoms. The molecule has 1 saturated heterocycles. The van der Waals surface area contributed by atoms with E-state index in [0.717, 1.165) is 22.5 Å². The number of aliphatic imine (C=N–C) groups is 1. The summed E-state index contributed by atoms with van der Waals surface area (Å²) in [6, 6.07) is 9.19. The fourth-order valence-electron chi connectivity index (χ4n) is 4.89. The number of halogens is 3. The molecule has 0 radical (unpaired) electrons. The molecule has 1 aliphatic carbocycles. The fraction of sp³-hybridized carbons (Fsp3) is 0.304. The fourth-order valence-corrected chi connectivity index (χ4v) is 5.34. The number of alkyl halides is 3. The molecule has 11 heteroatoms. The number of ether oxygens (including phenoxy) is 1. The molecule has 0 saturated carbocycles. The van der Waals surface area contributed by atoms with Crippen molar-refractivity contribution in [1.29, 1.82) is 0 Å². The summed E-state index contributed by atoms with van der Waals surface area (Å²) in [6.45, 7) is 0.726. The normalized spacial score (nSPS) is 17.8. The van der Waals surface area contributed by atoms with Crippen molar-refractivity contribution in [2.75, 3.05) is 20.3 Å². The Labute approximate surface area is 192 Å². The van der Waals surface area contributed by atoms with Crippen molar-refractivity contribution < 1.29 is 35.3 Å². The van der Waals surface area contributed by atoms with Gasteiger partial charge in [-0.2, -0.15) is 21.6 Å². The maximum Gasteiger partial charge on any atom is 0.534 e. The highest BCUT2D eigenvalue weighted by Crippen LogP contribution is 2.50. The van der Waals surface area contributed by atoms with Crippen LogP contribution in [0.15, 0.2) is 41.4 Å². The first-order valence-corrected chi connectivity index (χ1v) is 11.8. The molecule has 34 heavy (non-hydrogen) atoms. The maximum absolute atomic E-state index is 13.6. The van der Waals surface area contributed by atoms with Crippen LogP contribution in [0, 0.1) is 0 Å². The Morgan fingerprint density at radius 2 is 1.88 bits per heavy atom. The molecule has 2 aliphatic rings. The topological polar surface area (TPSA) is 97.8 Å². The number of aromatic nitrogens is 1. The molecule has 178 valence electrons. The summed E-state index contributed by atoms with van der Waals surface area (Å²) in [7, 11) is -4.20. The van der Waals surface area contributed by atoms with Crippen LogP contribution >= 0.6 is 0 Å². The summed E-state index contributed by atoms with van der Waals surface area (Å²) < 4.78 is 71.7. The van der Waals surface area contributed by atoms with Crippen LogP contribution in [0.1, 0.15) is 45.6 Å². The second kappa shape index (κ2) is 7.67. The minimum absolute atomic E-state index is 0.296. The van der Waals surface area contributed by atoms with Gasteiger partial charge < -0.3 is 13.9 Å². The van der Waals surface area contributed by atoms with Crippen LogP contribution in [0.25, 0.3) is 10.9 Å². The molecule has 1 N–H and O–H groups in total. The molecule has 1 aliphatic heterocycles. The highest BCUT2D eigenvalue weighted by atomic mass is 32.2. The van der Waals surface area contributed by atoms with Gasteiger partial charge in [-0.05, 0) is 48.2 Å². The number of rotatable bonds is 3. The van der Waals surface area contributed by atoms with Gasteiger partial charge >= 0.3 is 15.6 Å². The minimum Gasteiger partial charge on any atom is -0.381 e. The van der Waals surface area contributed by atoms with Crippen molar-refractivity contribution in [3.63, 3.8) is 0 Å². The van der Waals surface area contributed by atoms with Gasteiger partial charge in [0.05, 0.1) is 5.56 Å². The lowest BCUT2D eigenvalue weighted by Gasteiger charge is -2.41. The molecular formula is C23H19F3N2O5S. The molecule has 0 unspecified atom stereocenters. The monoisotopic (exact) mass is 492 g/mol. The summed E-state index contributed by atoms with van der Waals surface area (Å²) in [5, 5.41) is 0.727. The van der Waals surface area contributed by atoms with Crippen molar-refractivity contribution >= 4 is 33.0 Å². The smallest absolute Gasteiger partial charge is 0.381 e. The molecule has 5 rings (SSSR count). The number of fused-ring (bicyclic) bond motifs is 6. The lowest BCUT2D eigenvalue weighted by Crippen LogP contribution is -2.40. The van der Waals surface area contributed by atoms with Crippen LogP contribution in [0.5, 0.6) is 5.75 Å². The summed E-state index contributed by atoms with van der Waals surface area (Å²) in [4.78, 5) is 20.9. The molecule has 1 fully saturated rings. The van der Waals surface area contributed by atoms with Gasteiger partial charge in [-0.15, -0.1) is 0 Å². The lowest BCUT2D eigenvalue weighted by atomic mass is 9.64. The van der Waals surface area contributed by atoms with Crippen molar-refractivity contribution in [3.05, 3.63) is 64.3 Å². The quantitative estimate of drug-likeness (QED) is 0.338. The second-order valence-electron chi connectivity index (χ2n) is 8.28. The van der Waals surface area contributed by atoms with E-state index in [4.69, 9.17) is 4.74 Å². The zero-order valence-electron chi connectivity index (χ0n) is 17.9. The third kappa shape index (κ3) is 3.33. The van der Waals surface area contributed by atoms with Gasteiger partial charge in [0.1, 0.15) is 5.75 Å². The zero-order chi connectivity index (χ0) is 24.3. The predicted molar refractivity (Wildman–Crippen MR) is 118 cm³/mol. The number of carbonyl (C=O) groups is 1. The van der Waals surface area contributed by atoms with Crippen LogP contribution < -0.4 is 4.18 Å². The third-order valence-electron chi connectivity index (χ3n) is 6.39. The molecule has 7 nitrogen and oxygen atoms in total. The first-order valence-electron chi connectivity index (χ1n) is 10.4. The summed E-state index contributed by atoms with van der Waals surface area (Å²) in [6.07, 6.45) is 2.59. The van der Waals surface area contributed by atoms with Gasteiger partial charge in [0, 0.05) is 54.1 Å². The molecule has 3 aromatic rings. The summed E-state index contributed by atoms with van der Waals surface area (Å²) >= 11 is 0. The van der Waals surface area contributed by atoms with Crippen LogP contribution in [-0.2, 0) is 20.3 Å². The van der Waals surface area contributed by atoms with Crippen LogP contribution in [0.4, 0.5) is 13.2 Å². The highest BCUT2D eigenvalue weighted by molar-refractivity contribution is 7.88. The molecule has 0 amide bonds. The van der Waals surface area contributed by atoms with E-state index in [-0.39, 0.29) is 5.78 Å². The third-order valence-corrected chi connectivity index (χ3v) is 7.37. The lowest BCUT2D eigenvalue weighted by molar-refractivity contribution is -0.0500. The van der Waals surface area contributed by atoms with Crippen LogP contribution in [0.2, 0.25) is 0 Å². The average molecular weight is 492 g/mol. The molecule has 1 aromatic heterocycles. The second-order valence-corrected chi connectivity index (χ2v) is 9.82. The SMILES string of the molecule is CN=Cc1ccc2c3c([nH]c2c1)C1(CCOCC1)c1cc(OS(=O)(=O)C(F)(F)F)ccc1C3=O. The summed E-state index contributed by atoms with van der Waals surface area (Å²) in [5.74, 6) is -0.800. The first-order chi connectivity index (χ1) is 16.1. The van der Waals surface area contributed by atoms with E-state index in [1.165, 1.54) is 12.1 Å². The van der Waals surface area contributed by atoms with E-state index < -0.39 is 26.8 Å². The van der Waals surface area contributed by atoms with Crippen LogP contribution in [-0.4, -0.2) is 51.2 Å². The van der Waals surface area contributed by atoms with Gasteiger partial charge in [-0.25, -0.2) is 0 Å². The van der Waals surface area contributed by atoms with Crippen molar-refractivity contribution in [3.8, 4) is 5.75 Å². The molecular weight excluding hydrogens is 473 g/mol. The van der Waals surface area contributed by atoms with Crippen LogP contribution in [0.3, 0.4) is 0 Å². The highest BCUT2D eigenvalue weighted by Gasteiger charge is 2.50. The van der Waals surface area contributed by atoms with E-state index >= 15 is 0 Å². The average Bonchev–Trinajstić information content (AvgIpc) is 3.17. The van der Waals surface area contributed by atoms with Gasteiger partial charge in [0.15, 0.2) is 5.78 Å². The predicted octanol–water partition coefficient (Wildman–Crippen LogP) is 4.09. The van der Waals surface area contributed by atoms with Gasteiger partial charge in [0.2, 0.25) is 0 Å². The Kier molecular flexibility index (Phi) is 5.10. The van der Waals surface area contributed by atoms with E-state index in [2.05, 4.69) is 14.2 Å². The number of H-pyrrole nitrogens is 1. The first kappa shape index (κ1) is 22.6. The van der Waals surface area contributed by atoms with Crippen molar-refractivity contribution in [2.24, 2.45) is 4.99 Å². The molecule has 2 heterocycles. The number of benzene rings is 2. The van der Waals surface area contributed by atoms with E-state index in [1.807, 2.05) is 18.2 Å². The minimum atomic E-state index is -5.85. The van der Waals surface area contributed by atoms with E-state index in [1.54, 1.807) is 13.3 Å². The molecule has 0 atom stereocenters. The Bertz CT molecular complexity index is 1450. The Balaban J connectivity index is 1.71. The molecule has 2 aromatic carbocycles. The van der Waals surface area contributed by atoms with Gasteiger partial charge in [-0.3, -0.25) is 9.79 Å². The number of nitrogens with one attached hydrogen (secondary N) is 1. The molecule has 0 bridgehead atoms. The van der Waals surface area contributed by atoms with Gasteiger partial charge in [-0.1, -0.05) is 12.1 Å². The van der Waals surface area contributed by atoms with Crippen molar-refractivity contribution in [1.82, 2.24) is 4.98 Å². The standard InChI is InChI=1S/C23H19F3N2O5S/c1-27-12-13-2-4-16-18(10-13)28-21-19(16)20(29)15-5-3-14(33-34(30,31)23(24,25)26)11-17(15)22(21)6-8-32-9-7-22/h2-5,10-12,28H,6-9H2,1H3. The maximum atomic E-state index is 13.6. The number of hydrogen-bond donors (Lipinski definition) is 1. The zero-order valence-corrected chi connectivity index (χ0v) is 18.7. The van der Waals surface area contributed by atoms with E-state index in [9.17, 15) is 26.4 Å². The number of carbonyl (C=O) groups excluding carboxylic acids is 1. The van der Waals surface area contributed by atoms with E-state index in [0.29, 0.717) is 48.4 Å². The number of aromatic amines is 1. The number of ketones is 1. The largest absolute Gasteiger partial charge is 0.534 e. The Morgan fingerprint density at radius 1 is 1.15 bits per heavy atom. The van der Waals surface area contributed by atoms with Gasteiger partial charge in [0.25, 0.3) is 0 Å². The number of nitrogens with zero attached hydrogens (tertiary/aromatic N) is 1. The van der Waals surface area contributed by atoms with Crippen molar-refractivity contribution in [2.45, 2.75) is 23.8 Å². The number of hydrogen-bond acceptors (Lipinski definition) is 6. The Morgan fingerprint density at radius 3 is 2.56 bits per heavy atom.